The van der Waals surface area contributed by atoms with Crippen LogP contribution in [-0.4, -0.2) is 57.5 Å². The Morgan fingerprint density at radius 3 is 2.59 bits per heavy atom. The molecular formula is C14H17F2N3O3. The Kier molecular flexibility index (Phi) is 3.54. The summed E-state index contributed by atoms with van der Waals surface area (Å²) in [5.74, 6) is -1.00. The topological polar surface area (TPSA) is 65.8 Å². The lowest BCUT2D eigenvalue weighted by atomic mass is 10.0. The summed E-state index contributed by atoms with van der Waals surface area (Å²) in [6, 6.07) is 1.76. The van der Waals surface area contributed by atoms with Gasteiger partial charge in [-0.15, -0.1) is 0 Å². The van der Waals surface area contributed by atoms with Crippen LogP contribution in [0.5, 0.6) is 0 Å². The molecule has 0 spiro atoms. The minimum absolute atomic E-state index is 0.0770. The highest BCUT2D eigenvalue weighted by molar-refractivity contribution is 5.94. The number of nitrogens with zero attached hydrogens (tertiary/aromatic N) is 3. The summed E-state index contributed by atoms with van der Waals surface area (Å²) in [6.45, 7) is 0.798. The Morgan fingerprint density at radius 1 is 1.32 bits per heavy atom. The van der Waals surface area contributed by atoms with Crippen LogP contribution >= 0.6 is 0 Å². The Balaban J connectivity index is 1.77. The van der Waals surface area contributed by atoms with Crippen LogP contribution in [0, 0.1) is 5.92 Å². The Bertz CT molecular complexity index is 623. The van der Waals surface area contributed by atoms with Crippen molar-refractivity contribution in [1.82, 2.24) is 14.4 Å². The monoisotopic (exact) mass is 313 g/mol. The Morgan fingerprint density at radius 2 is 2.00 bits per heavy atom. The summed E-state index contributed by atoms with van der Waals surface area (Å²) >= 11 is 0. The Labute approximate surface area is 125 Å². The summed E-state index contributed by atoms with van der Waals surface area (Å²) in [6.07, 6.45) is -2.82. The van der Waals surface area contributed by atoms with E-state index >= 15 is 0 Å². The van der Waals surface area contributed by atoms with E-state index in [1.165, 1.54) is 9.80 Å². The number of carbonyl (C=O) groups excluding carboxylic acids is 1. The first-order chi connectivity index (χ1) is 10.4. The van der Waals surface area contributed by atoms with Gasteiger partial charge in [-0.25, -0.2) is 13.6 Å². The molecule has 6 nitrogen and oxygen atoms in total. The van der Waals surface area contributed by atoms with Gasteiger partial charge in [0.05, 0.1) is 12.5 Å². The molecule has 0 atom stereocenters. The zero-order valence-electron chi connectivity index (χ0n) is 12.1. The molecule has 22 heavy (non-hydrogen) atoms. The minimum atomic E-state index is -2.39. The number of aromatic nitrogens is 1. The van der Waals surface area contributed by atoms with E-state index in [1.54, 1.807) is 17.7 Å². The molecule has 2 aliphatic rings. The van der Waals surface area contributed by atoms with Crippen LogP contribution in [0.1, 0.15) is 21.7 Å². The van der Waals surface area contributed by atoms with Crippen LogP contribution in [0.4, 0.5) is 13.6 Å². The second-order valence-electron chi connectivity index (χ2n) is 5.82. The van der Waals surface area contributed by atoms with Crippen LogP contribution in [0.25, 0.3) is 0 Å². The number of amides is 2. The highest BCUT2D eigenvalue weighted by Crippen LogP contribution is 2.27. The number of hydrogen-bond donors (Lipinski definition) is 1. The number of carbonyl (C=O) groups is 2. The van der Waals surface area contributed by atoms with Crippen molar-refractivity contribution in [2.45, 2.75) is 19.4 Å². The highest BCUT2D eigenvalue weighted by Gasteiger charge is 2.38. The normalized spacial score (nSPS) is 18.4. The number of carboxylic acid groups (broad SMARTS) is 1. The van der Waals surface area contributed by atoms with Crippen molar-refractivity contribution in [2.24, 2.45) is 13.0 Å². The number of alkyl halides is 2. The molecule has 1 N–H and O–H groups in total. The molecule has 1 fully saturated rings. The quantitative estimate of drug-likeness (QED) is 0.897. The van der Waals surface area contributed by atoms with Crippen molar-refractivity contribution >= 4 is 12.0 Å². The number of likely N-dealkylation sites (tertiary alicyclic amines) is 1. The SMILES string of the molecule is Cn1c(C(=O)N2CC(C(F)F)C2)cc2c1CN(C(=O)O)CC2. The molecule has 0 aliphatic carbocycles. The molecule has 1 saturated heterocycles. The third-order valence-electron chi connectivity index (χ3n) is 4.48. The van der Waals surface area contributed by atoms with Crippen molar-refractivity contribution in [3.8, 4) is 0 Å². The van der Waals surface area contributed by atoms with E-state index < -0.39 is 18.4 Å². The Hall–Kier alpha value is -2.12. The first kappa shape index (κ1) is 14.8. The summed E-state index contributed by atoms with van der Waals surface area (Å²) in [5.41, 5.74) is 2.18. The molecule has 1 aromatic rings. The van der Waals surface area contributed by atoms with E-state index in [1.807, 2.05) is 0 Å². The molecule has 120 valence electrons. The maximum Gasteiger partial charge on any atom is 0.407 e. The van der Waals surface area contributed by atoms with E-state index in [2.05, 4.69) is 0 Å². The molecule has 2 amide bonds. The summed E-state index contributed by atoms with van der Waals surface area (Å²) in [5, 5.41) is 9.06. The molecule has 0 saturated carbocycles. The molecule has 0 radical (unpaired) electrons. The van der Waals surface area contributed by atoms with Gasteiger partial charge in [-0.05, 0) is 18.1 Å². The standard InChI is InChI=1S/C14H17F2N3O3/c1-17-10(13(20)19-5-9(6-19)12(15)16)4-8-2-3-18(14(21)22)7-11(8)17/h4,9,12H,2-3,5-7H2,1H3,(H,21,22). The molecule has 3 rings (SSSR count). The molecule has 0 unspecified atom stereocenters. The maximum atomic E-state index is 12.5. The minimum Gasteiger partial charge on any atom is -0.465 e. The van der Waals surface area contributed by atoms with Crippen LogP contribution in [0.3, 0.4) is 0 Å². The van der Waals surface area contributed by atoms with Crippen molar-refractivity contribution in [3.05, 3.63) is 23.0 Å². The van der Waals surface area contributed by atoms with E-state index in [9.17, 15) is 18.4 Å². The van der Waals surface area contributed by atoms with Gasteiger partial charge >= 0.3 is 6.09 Å². The second kappa shape index (κ2) is 5.26. The van der Waals surface area contributed by atoms with Crippen LogP contribution in [0.15, 0.2) is 6.07 Å². The van der Waals surface area contributed by atoms with E-state index in [0.29, 0.717) is 18.7 Å². The van der Waals surface area contributed by atoms with E-state index in [-0.39, 0.29) is 25.5 Å². The van der Waals surface area contributed by atoms with Crippen molar-refractivity contribution < 1.29 is 23.5 Å². The highest BCUT2D eigenvalue weighted by atomic mass is 19.3. The summed E-state index contributed by atoms with van der Waals surface area (Å²) in [4.78, 5) is 26.1. The molecule has 8 heteroatoms. The second-order valence-corrected chi connectivity index (χ2v) is 5.82. The maximum absolute atomic E-state index is 12.5. The first-order valence-electron chi connectivity index (χ1n) is 7.11. The summed E-state index contributed by atoms with van der Waals surface area (Å²) < 4.78 is 26.7. The van der Waals surface area contributed by atoms with E-state index in [4.69, 9.17) is 5.11 Å². The molecule has 0 bridgehead atoms. The van der Waals surface area contributed by atoms with Crippen LogP contribution < -0.4 is 0 Å². The van der Waals surface area contributed by atoms with Crippen LogP contribution in [-0.2, 0) is 20.0 Å². The number of rotatable bonds is 2. The number of fused-ring (bicyclic) bond motifs is 1. The van der Waals surface area contributed by atoms with Gasteiger partial charge in [-0.1, -0.05) is 0 Å². The van der Waals surface area contributed by atoms with Gasteiger partial charge in [-0.2, -0.15) is 0 Å². The van der Waals surface area contributed by atoms with Crippen molar-refractivity contribution in [3.63, 3.8) is 0 Å². The van der Waals surface area contributed by atoms with Crippen molar-refractivity contribution in [1.29, 1.82) is 0 Å². The zero-order valence-corrected chi connectivity index (χ0v) is 12.1. The average Bonchev–Trinajstić information content (AvgIpc) is 2.73. The summed E-state index contributed by atoms with van der Waals surface area (Å²) in [7, 11) is 1.71. The lowest BCUT2D eigenvalue weighted by Gasteiger charge is -2.38. The molecular weight excluding hydrogens is 296 g/mol. The number of halogens is 2. The third-order valence-corrected chi connectivity index (χ3v) is 4.48. The van der Waals surface area contributed by atoms with Crippen LogP contribution in [0.2, 0.25) is 0 Å². The fraction of sp³-hybridized carbons (Fsp3) is 0.571. The molecule has 0 aromatic carbocycles. The molecule has 1 aromatic heterocycles. The fourth-order valence-electron chi connectivity index (χ4n) is 3.01. The fourth-order valence-corrected chi connectivity index (χ4v) is 3.01. The molecule has 3 heterocycles. The molecule has 2 aliphatic heterocycles. The smallest absolute Gasteiger partial charge is 0.407 e. The average molecular weight is 313 g/mol. The lowest BCUT2D eigenvalue weighted by Crippen LogP contribution is -2.53. The zero-order chi connectivity index (χ0) is 16.0. The van der Waals surface area contributed by atoms with Gasteiger partial charge in [0.1, 0.15) is 5.69 Å². The van der Waals surface area contributed by atoms with Gasteiger partial charge in [0, 0.05) is 32.4 Å². The van der Waals surface area contributed by atoms with Gasteiger partial charge in [0.15, 0.2) is 0 Å². The van der Waals surface area contributed by atoms with Gasteiger partial charge in [0.25, 0.3) is 5.91 Å². The number of hydrogen-bond acceptors (Lipinski definition) is 2. The van der Waals surface area contributed by atoms with Crippen molar-refractivity contribution in [2.75, 3.05) is 19.6 Å². The first-order valence-corrected chi connectivity index (χ1v) is 7.11. The third kappa shape index (κ3) is 2.32. The van der Waals surface area contributed by atoms with Gasteiger partial charge in [-0.3, -0.25) is 4.79 Å². The predicted molar refractivity (Wildman–Crippen MR) is 72.9 cm³/mol. The van der Waals surface area contributed by atoms with Gasteiger partial charge < -0.3 is 19.5 Å². The predicted octanol–water partition coefficient (Wildman–Crippen LogP) is 1.40. The van der Waals surface area contributed by atoms with Gasteiger partial charge in [0.2, 0.25) is 6.43 Å². The lowest BCUT2D eigenvalue weighted by molar-refractivity contribution is -0.0156. The van der Waals surface area contributed by atoms with E-state index in [0.717, 1.165) is 11.3 Å². The largest absolute Gasteiger partial charge is 0.465 e.